The molecule has 0 spiro atoms. The number of hydrogen-bond donors (Lipinski definition) is 2. The zero-order valence-electron chi connectivity index (χ0n) is 17.7. The molecule has 33 heavy (non-hydrogen) atoms. The number of carbonyl (C=O) groups excluding carboxylic acids is 3. The first-order chi connectivity index (χ1) is 15.9. The molecule has 168 valence electrons. The smallest absolute Gasteiger partial charge is 0.348 e. The van der Waals surface area contributed by atoms with Crippen LogP contribution in [0.15, 0.2) is 54.6 Å². The van der Waals surface area contributed by atoms with Crippen LogP contribution in [0.5, 0.6) is 5.75 Å². The van der Waals surface area contributed by atoms with Crippen LogP contribution in [0.2, 0.25) is 0 Å². The summed E-state index contributed by atoms with van der Waals surface area (Å²) in [6.45, 7) is 0.912. The molecule has 0 saturated carbocycles. The number of nitrogens with one attached hydrogen (secondary N) is 2. The fraction of sp³-hybridized carbons (Fsp3) is 0.130. The highest BCUT2D eigenvalue weighted by molar-refractivity contribution is 7.26. The van der Waals surface area contributed by atoms with Crippen molar-refractivity contribution in [1.82, 2.24) is 4.98 Å². The van der Waals surface area contributed by atoms with Gasteiger partial charge >= 0.3 is 5.97 Å². The molecule has 2 N–H and O–H groups in total. The van der Waals surface area contributed by atoms with Gasteiger partial charge in [-0.15, -0.1) is 22.7 Å². The van der Waals surface area contributed by atoms with Crippen molar-refractivity contribution in [2.24, 2.45) is 0 Å². The van der Waals surface area contributed by atoms with E-state index in [2.05, 4.69) is 15.6 Å². The standard InChI is InChI=1S/C23H19N3O5S2/c1-13(27)24-14-7-8-17(30-2)16(11-14)25-21(28)12-31-23(29)20-10-9-19(32-20)22-26-15-5-3-4-6-18(15)33-22/h3-11H,12H2,1-2H3,(H,24,27)(H,25,28). The molecule has 0 aliphatic carbocycles. The fourth-order valence-electron chi connectivity index (χ4n) is 3.02. The number of amides is 2. The Labute approximate surface area is 197 Å². The first-order valence-corrected chi connectivity index (χ1v) is 11.4. The topological polar surface area (TPSA) is 107 Å². The molecule has 4 aromatic rings. The maximum Gasteiger partial charge on any atom is 0.348 e. The van der Waals surface area contributed by atoms with Crippen molar-refractivity contribution in [1.29, 1.82) is 0 Å². The quantitative estimate of drug-likeness (QED) is 0.368. The monoisotopic (exact) mass is 481 g/mol. The van der Waals surface area contributed by atoms with Crippen LogP contribution in [-0.4, -0.2) is 36.5 Å². The number of aromatic nitrogens is 1. The van der Waals surface area contributed by atoms with Crippen LogP contribution < -0.4 is 15.4 Å². The maximum atomic E-state index is 12.4. The van der Waals surface area contributed by atoms with Crippen LogP contribution in [0.1, 0.15) is 16.6 Å². The lowest BCUT2D eigenvalue weighted by molar-refractivity contribution is -0.119. The summed E-state index contributed by atoms with van der Waals surface area (Å²) in [5.74, 6) is -0.971. The number of hydrogen-bond acceptors (Lipinski definition) is 8. The van der Waals surface area contributed by atoms with E-state index in [1.165, 1.54) is 25.4 Å². The van der Waals surface area contributed by atoms with Crippen LogP contribution in [0.25, 0.3) is 20.1 Å². The summed E-state index contributed by atoms with van der Waals surface area (Å²) in [5.41, 5.74) is 1.75. The first-order valence-electron chi connectivity index (χ1n) is 9.81. The second-order valence-corrected chi connectivity index (χ2v) is 8.99. The molecule has 0 radical (unpaired) electrons. The molecule has 4 rings (SSSR count). The van der Waals surface area contributed by atoms with Gasteiger partial charge in [0.1, 0.15) is 15.6 Å². The molecule has 2 amide bonds. The van der Waals surface area contributed by atoms with E-state index in [1.807, 2.05) is 30.3 Å². The predicted octanol–water partition coefficient (Wildman–Crippen LogP) is 4.79. The van der Waals surface area contributed by atoms with E-state index in [-0.39, 0.29) is 5.91 Å². The molecular weight excluding hydrogens is 462 g/mol. The molecule has 0 fully saturated rings. The molecule has 0 saturated heterocycles. The number of ether oxygens (including phenoxy) is 2. The summed E-state index contributed by atoms with van der Waals surface area (Å²) < 4.78 is 11.5. The third-order valence-corrected chi connectivity index (χ3v) is 6.71. The number of methoxy groups -OCH3 is 1. The Balaban J connectivity index is 1.38. The average molecular weight is 482 g/mol. The first kappa shape index (κ1) is 22.4. The van der Waals surface area contributed by atoms with Crippen molar-refractivity contribution in [3.63, 3.8) is 0 Å². The summed E-state index contributed by atoms with van der Waals surface area (Å²) in [6, 6.07) is 16.1. The second-order valence-electron chi connectivity index (χ2n) is 6.87. The third-order valence-electron chi connectivity index (χ3n) is 4.44. The average Bonchev–Trinajstić information content (AvgIpc) is 3.44. The van der Waals surface area contributed by atoms with Crippen LogP contribution in [-0.2, 0) is 14.3 Å². The predicted molar refractivity (Wildman–Crippen MR) is 129 cm³/mol. The Hall–Kier alpha value is -3.76. The molecule has 2 heterocycles. The zero-order valence-corrected chi connectivity index (χ0v) is 19.3. The van der Waals surface area contributed by atoms with Gasteiger partial charge in [-0.2, -0.15) is 0 Å². The van der Waals surface area contributed by atoms with E-state index < -0.39 is 18.5 Å². The van der Waals surface area contributed by atoms with Gasteiger partial charge in [0.25, 0.3) is 5.91 Å². The summed E-state index contributed by atoms with van der Waals surface area (Å²) in [7, 11) is 1.46. The Kier molecular flexibility index (Phi) is 6.66. The van der Waals surface area contributed by atoms with Gasteiger partial charge < -0.3 is 20.1 Å². The Bertz CT molecular complexity index is 1310. The van der Waals surface area contributed by atoms with Gasteiger partial charge in [0, 0.05) is 12.6 Å². The SMILES string of the molecule is COc1ccc(NC(C)=O)cc1NC(=O)COC(=O)c1ccc(-c2nc3ccccc3s2)s1. The number of rotatable bonds is 7. The highest BCUT2D eigenvalue weighted by atomic mass is 32.1. The maximum absolute atomic E-state index is 12.4. The van der Waals surface area contributed by atoms with E-state index in [4.69, 9.17) is 9.47 Å². The lowest BCUT2D eigenvalue weighted by Crippen LogP contribution is -2.21. The summed E-state index contributed by atoms with van der Waals surface area (Å²) >= 11 is 2.81. The van der Waals surface area contributed by atoms with Crippen molar-refractivity contribution in [2.75, 3.05) is 24.4 Å². The van der Waals surface area contributed by atoms with Gasteiger partial charge in [0.15, 0.2) is 6.61 Å². The van der Waals surface area contributed by atoms with Crippen LogP contribution in [0, 0.1) is 0 Å². The zero-order chi connectivity index (χ0) is 23.4. The van der Waals surface area contributed by atoms with Gasteiger partial charge in [0.2, 0.25) is 5.91 Å². The largest absolute Gasteiger partial charge is 0.495 e. The number of para-hydroxylation sites is 1. The molecule has 0 aliphatic rings. The van der Waals surface area contributed by atoms with Gasteiger partial charge in [-0.05, 0) is 42.5 Å². The molecule has 2 aromatic heterocycles. The number of benzene rings is 2. The molecule has 0 atom stereocenters. The molecule has 8 nitrogen and oxygen atoms in total. The van der Waals surface area contributed by atoms with Crippen molar-refractivity contribution < 1.29 is 23.9 Å². The normalized spacial score (nSPS) is 10.6. The van der Waals surface area contributed by atoms with Gasteiger partial charge in [-0.25, -0.2) is 9.78 Å². The van der Waals surface area contributed by atoms with Gasteiger partial charge in [0.05, 0.1) is 27.9 Å². The van der Waals surface area contributed by atoms with Crippen LogP contribution >= 0.6 is 22.7 Å². The highest BCUT2D eigenvalue weighted by Gasteiger charge is 2.16. The molecule has 10 heteroatoms. The van der Waals surface area contributed by atoms with Crippen molar-refractivity contribution in [3.05, 3.63) is 59.5 Å². The van der Waals surface area contributed by atoms with E-state index in [0.717, 1.165) is 20.1 Å². The Morgan fingerprint density at radius 3 is 2.58 bits per heavy atom. The van der Waals surface area contributed by atoms with Crippen LogP contribution in [0.4, 0.5) is 11.4 Å². The van der Waals surface area contributed by atoms with E-state index in [9.17, 15) is 14.4 Å². The van der Waals surface area contributed by atoms with Crippen molar-refractivity contribution in [3.8, 4) is 15.6 Å². The number of nitrogens with zero attached hydrogens (tertiary/aromatic N) is 1. The van der Waals surface area contributed by atoms with Gasteiger partial charge in [-0.1, -0.05) is 12.1 Å². The fourth-order valence-corrected chi connectivity index (χ4v) is 4.94. The molecule has 0 bridgehead atoms. The number of carbonyl (C=O) groups is 3. The molecule has 0 unspecified atom stereocenters. The van der Waals surface area contributed by atoms with Gasteiger partial charge in [-0.3, -0.25) is 9.59 Å². The molecule has 2 aromatic carbocycles. The highest BCUT2D eigenvalue weighted by Crippen LogP contribution is 2.34. The van der Waals surface area contributed by atoms with Crippen molar-refractivity contribution in [2.45, 2.75) is 6.92 Å². The lowest BCUT2D eigenvalue weighted by atomic mass is 10.2. The minimum atomic E-state index is -0.596. The number of anilines is 2. The number of thiophene rings is 1. The second kappa shape index (κ2) is 9.80. The van der Waals surface area contributed by atoms with E-state index >= 15 is 0 Å². The number of thiazole rings is 1. The molecular formula is C23H19N3O5S2. The Morgan fingerprint density at radius 2 is 1.82 bits per heavy atom. The minimum absolute atomic E-state index is 0.243. The van der Waals surface area contributed by atoms with Crippen molar-refractivity contribution >= 4 is 62.0 Å². The Morgan fingerprint density at radius 1 is 1.00 bits per heavy atom. The van der Waals surface area contributed by atoms with Crippen LogP contribution in [0.3, 0.4) is 0 Å². The summed E-state index contributed by atoms with van der Waals surface area (Å²) in [4.78, 5) is 41.9. The number of fused-ring (bicyclic) bond motifs is 1. The van der Waals surface area contributed by atoms with E-state index in [1.54, 1.807) is 35.6 Å². The number of esters is 1. The summed E-state index contributed by atoms with van der Waals surface area (Å²) in [5, 5.41) is 6.09. The van der Waals surface area contributed by atoms with E-state index in [0.29, 0.717) is 22.0 Å². The third kappa shape index (κ3) is 5.36. The minimum Gasteiger partial charge on any atom is -0.495 e. The summed E-state index contributed by atoms with van der Waals surface area (Å²) in [6.07, 6.45) is 0. The molecule has 0 aliphatic heterocycles. The lowest BCUT2D eigenvalue weighted by Gasteiger charge is -2.12.